The Labute approximate surface area is 295 Å². The van der Waals surface area contributed by atoms with E-state index in [4.69, 9.17) is 9.97 Å². The van der Waals surface area contributed by atoms with Crippen LogP contribution >= 0.6 is 0 Å². The van der Waals surface area contributed by atoms with Crippen molar-refractivity contribution >= 4 is 43.9 Å². The zero-order valence-corrected chi connectivity index (χ0v) is 31.0. The third-order valence-corrected chi connectivity index (χ3v) is 10.3. The molecule has 5 heteroatoms. The van der Waals surface area contributed by atoms with Gasteiger partial charge in [-0.25, -0.2) is 9.97 Å². The molecule has 0 aliphatic carbocycles. The highest BCUT2D eigenvalue weighted by Gasteiger charge is 2.23. The van der Waals surface area contributed by atoms with Crippen molar-refractivity contribution in [2.24, 2.45) is 7.05 Å². The number of aromatic nitrogens is 5. The third-order valence-electron chi connectivity index (χ3n) is 10.3. The van der Waals surface area contributed by atoms with E-state index < -0.39 is 0 Å². The number of rotatable bonds is 3. The number of hydrogen-bond donors (Lipinski definition) is 1. The van der Waals surface area contributed by atoms with E-state index in [2.05, 4.69) is 181 Å². The first kappa shape index (κ1) is 32.1. The van der Waals surface area contributed by atoms with Gasteiger partial charge in [0, 0.05) is 39.8 Å². The van der Waals surface area contributed by atoms with Gasteiger partial charge in [-0.15, -0.1) is 0 Å². The number of aromatic amines is 1. The van der Waals surface area contributed by atoms with Crippen molar-refractivity contribution in [3.05, 3.63) is 114 Å². The van der Waals surface area contributed by atoms with Gasteiger partial charge < -0.3 is 9.55 Å². The summed E-state index contributed by atoms with van der Waals surface area (Å²) in [5.41, 5.74) is 12.4. The van der Waals surface area contributed by atoms with Crippen LogP contribution in [0.2, 0.25) is 0 Å². The molecule has 0 atom stereocenters. The Balaban J connectivity index is 1.38. The van der Waals surface area contributed by atoms with Gasteiger partial charge in [0.05, 0.1) is 22.2 Å². The number of H-pyrrole nitrogens is 1. The highest BCUT2D eigenvalue weighted by atomic mass is 15.1. The molecule has 0 fully saturated rings. The van der Waals surface area contributed by atoms with Crippen LogP contribution in [0.15, 0.2) is 97.1 Å². The molecular formula is C45H47N5. The van der Waals surface area contributed by atoms with Gasteiger partial charge in [0.25, 0.3) is 0 Å². The minimum atomic E-state index is -0.0615. The summed E-state index contributed by atoms with van der Waals surface area (Å²) in [5, 5.41) is 3.56. The van der Waals surface area contributed by atoms with Crippen molar-refractivity contribution in [2.75, 3.05) is 0 Å². The van der Waals surface area contributed by atoms with Crippen molar-refractivity contribution in [1.82, 2.24) is 24.1 Å². The zero-order chi connectivity index (χ0) is 35.3. The van der Waals surface area contributed by atoms with Gasteiger partial charge >= 0.3 is 0 Å². The smallest absolute Gasteiger partial charge is 0.147 e. The fourth-order valence-corrected chi connectivity index (χ4v) is 7.21. The Kier molecular flexibility index (Phi) is 7.00. The van der Waals surface area contributed by atoms with Crippen LogP contribution in [0.4, 0.5) is 0 Å². The van der Waals surface area contributed by atoms with Gasteiger partial charge in [-0.05, 0) is 106 Å². The van der Waals surface area contributed by atoms with Crippen LogP contribution in [0.25, 0.3) is 72.3 Å². The molecule has 8 aromatic rings. The van der Waals surface area contributed by atoms with Crippen LogP contribution in [0.1, 0.15) is 79.0 Å². The summed E-state index contributed by atoms with van der Waals surface area (Å²) in [7, 11) is 2.10. The molecule has 0 radical (unpaired) electrons. The van der Waals surface area contributed by atoms with Crippen molar-refractivity contribution in [1.29, 1.82) is 0 Å². The molecule has 0 aliphatic rings. The molecule has 252 valence electrons. The van der Waals surface area contributed by atoms with Crippen molar-refractivity contribution in [3.63, 3.8) is 0 Å². The lowest BCUT2D eigenvalue weighted by atomic mass is 9.84. The van der Waals surface area contributed by atoms with Gasteiger partial charge in [0.2, 0.25) is 0 Å². The second kappa shape index (κ2) is 10.9. The van der Waals surface area contributed by atoms with E-state index in [0.29, 0.717) is 0 Å². The summed E-state index contributed by atoms with van der Waals surface area (Å²) >= 11 is 0. The van der Waals surface area contributed by atoms with E-state index >= 15 is 0 Å². The fraction of sp³-hybridized carbons (Fsp3) is 0.289. The second-order valence-electron chi connectivity index (χ2n) is 17.1. The quantitative estimate of drug-likeness (QED) is 0.206. The number of nitrogens with one attached hydrogen (secondary N) is 1. The van der Waals surface area contributed by atoms with Crippen LogP contribution in [-0.2, 0) is 23.3 Å². The Hall–Kier alpha value is -5.16. The molecule has 4 aromatic carbocycles. The first-order valence-electron chi connectivity index (χ1n) is 17.7. The maximum Gasteiger partial charge on any atom is 0.147 e. The van der Waals surface area contributed by atoms with Gasteiger partial charge in [0.1, 0.15) is 17.3 Å². The minimum Gasteiger partial charge on any atom is -0.341 e. The molecule has 4 aromatic heterocycles. The van der Waals surface area contributed by atoms with Gasteiger partial charge in [-0.2, -0.15) is 0 Å². The summed E-state index contributed by atoms with van der Waals surface area (Å²) < 4.78 is 4.51. The standard InChI is InChI=1S/C45H47N5/c1-43(2,3)30-15-18-35-28(22-30)25-40(46-35)50-38-20-16-31(44(4,5)6)26-34(38)33-17-19-36(47-42(33)50)27-21-29(24-32(23-27)45(7,8)9)41-48-37-13-11-12-14-39(37)49(41)10/h11-26,46H,1-10H3. The number of para-hydroxylation sites is 2. The molecular weight excluding hydrogens is 611 g/mol. The number of hydrogen-bond acceptors (Lipinski definition) is 2. The lowest BCUT2D eigenvalue weighted by molar-refractivity contribution is 0.590. The van der Waals surface area contributed by atoms with Crippen LogP contribution in [0.3, 0.4) is 0 Å². The average Bonchev–Trinajstić information content (AvgIpc) is 3.73. The fourth-order valence-electron chi connectivity index (χ4n) is 7.21. The lowest BCUT2D eigenvalue weighted by Crippen LogP contribution is -2.11. The molecule has 1 N–H and O–H groups in total. The highest BCUT2D eigenvalue weighted by Crippen LogP contribution is 2.39. The Morgan fingerprint density at radius 3 is 1.96 bits per heavy atom. The molecule has 5 nitrogen and oxygen atoms in total. The molecule has 0 spiro atoms. The molecule has 8 rings (SSSR count). The molecule has 0 amide bonds. The largest absolute Gasteiger partial charge is 0.341 e. The van der Waals surface area contributed by atoms with E-state index in [0.717, 1.165) is 61.6 Å². The molecule has 0 bridgehead atoms. The first-order valence-corrected chi connectivity index (χ1v) is 17.7. The van der Waals surface area contributed by atoms with Crippen LogP contribution in [-0.4, -0.2) is 24.1 Å². The maximum atomic E-state index is 5.52. The summed E-state index contributed by atoms with van der Waals surface area (Å²) in [6, 6.07) is 35.6. The molecule has 0 saturated heterocycles. The average molecular weight is 658 g/mol. The number of imidazole rings is 1. The number of fused-ring (bicyclic) bond motifs is 5. The Morgan fingerprint density at radius 1 is 0.560 bits per heavy atom. The topological polar surface area (TPSA) is 51.4 Å². The van der Waals surface area contributed by atoms with Crippen molar-refractivity contribution in [3.8, 4) is 28.5 Å². The van der Waals surface area contributed by atoms with E-state index in [1.807, 2.05) is 0 Å². The number of benzene rings is 4. The number of aryl methyl sites for hydroxylation is 1. The highest BCUT2D eigenvalue weighted by molar-refractivity contribution is 6.09. The second-order valence-corrected chi connectivity index (χ2v) is 17.1. The van der Waals surface area contributed by atoms with Crippen LogP contribution in [0, 0.1) is 0 Å². The summed E-state index contributed by atoms with van der Waals surface area (Å²) in [5.74, 6) is 1.97. The van der Waals surface area contributed by atoms with Crippen molar-refractivity contribution < 1.29 is 0 Å². The van der Waals surface area contributed by atoms with Gasteiger partial charge in [0.15, 0.2) is 0 Å². The molecule has 50 heavy (non-hydrogen) atoms. The number of nitrogens with zero attached hydrogens (tertiary/aromatic N) is 4. The lowest BCUT2D eigenvalue weighted by Gasteiger charge is -2.21. The first-order chi connectivity index (χ1) is 23.6. The van der Waals surface area contributed by atoms with Crippen LogP contribution in [0.5, 0.6) is 0 Å². The van der Waals surface area contributed by atoms with E-state index in [1.54, 1.807) is 0 Å². The maximum absolute atomic E-state index is 5.52. The summed E-state index contributed by atoms with van der Waals surface area (Å²) in [4.78, 5) is 14.3. The van der Waals surface area contributed by atoms with Gasteiger partial charge in [-0.1, -0.05) is 86.6 Å². The number of pyridine rings is 1. The van der Waals surface area contributed by atoms with E-state index in [9.17, 15) is 0 Å². The Morgan fingerprint density at radius 2 is 1.24 bits per heavy atom. The zero-order valence-electron chi connectivity index (χ0n) is 31.0. The molecule has 0 unspecified atom stereocenters. The molecule has 4 heterocycles. The Bertz CT molecular complexity index is 2600. The van der Waals surface area contributed by atoms with E-state index in [1.165, 1.54) is 27.5 Å². The van der Waals surface area contributed by atoms with E-state index in [-0.39, 0.29) is 16.2 Å². The minimum absolute atomic E-state index is 0.0278. The summed E-state index contributed by atoms with van der Waals surface area (Å²) in [6.45, 7) is 20.4. The predicted molar refractivity (Wildman–Crippen MR) is 212 cm³/mol. The van der Waals surface area contributed by atoms with Gasteiger partial charge in [-0.3, -0.25) is 4.57 Å². The molecule has 0 saturated carbocycles. The monoisotopic (exact) mass is 657 g/mol. The SMILES string of the molecule is Cn1c(-c2cc(-c3ccc4c5cc(C(C)(C)C)ccc5n(-c5cc6cc(C(C)(C)C)ccc6[nH]5)c4n3)cc(C(C)(C)C)c2)nc2ccccc21. The third kappa shape index (κ3) is 5.31. The predicted octanol–water partition coefficient (Wildman–Crippen LogP) is 11.8. The molecule has 0 aliphatic heterocycles. The normalized spacial score (nSPS) is 13.0. The van der Waals surface area contributed by atoms with Crippen LogP contribution < -0.4 is 0 Å². The van der Waals surface area contributed by atoms with Crippen molar-refractivity contribution in [2.45, 2.75) is 78.6 Å². The summed E-state index contributed by atoms with van der Waals surface area (Å²) in [6.07, 6.45) is 0.